The minimum atomic E-state index is 0.157. The first-order chi connectivity index (χ1) is 8.35. The zero-order valence-electron chi connectivity index (χ0n) is 10.4. The number of methoxy groups -OCH3 is 1. The lowest BCUT2D eigenvalue weighted by Crippen LogP contribution is -2.27. The summed E-state index contributed by atoms with van der Waals surface area (Å²) in [5, 5.41) is 9.58. The summed E-state index contributed by atoms with van der Waals surface area (Å²) >= 11 is 0. The third-order valence-electron chi connectivity index (χ3n) is 3.48. The van der Waals surface area contributed by atoms with Gasteiger partial charge in [-0.3, -0.25) is 0 Å². The maximum absolute atomic E-state index is 9.58. The summed E-state index contributed by atoms with van der Waals surface area (Å²) in [5.41, 5.74) is 1.12. The van der Waals surface area contributed by atoms with Crippen LogP contribution in [-0.2, 0) is 0 Å². The van der Waals surface area contributed by atoms with Crippen molar-refractivity contribution in [3.8, 4) is 5.75 Å². The van der Waals surface area contributed by atoms with Gasteiger partial charge in [-0.15, -0.1) is 0 Å². The van der Waals surface area contributed by atoms with E-state index in [-0.39, 0.29) is 12.5 Å². The van der Waals surface area contributed by atoms with E-state index < -0.39 is 0 Å². The molecule has 2 rings (SSSR count). The van der Waals surface area contributed by atoms with Gasteiger partial charge in [0.15, 0.2) is 0 Å². The van der Waals surface area contributed by atoms with Crippen LogP contribution in [0.1, 0.15) is 24.3 Å². The molecule has 0 bridgehead atoms. The SMILES string of the molecule is COc1ccccc1C(CO)CN1CCCC1. The Kier molecular flexibility index (Phi) is 4.40. The van der Waals surface area contributed by atoms with Gasteiger partial charge in [0.1, 0.15) is 5.75 Å². The van der Waals surface area contributed by atoms with E-state index in [2.05, 4.69) is 11.0 Å². The van der Waals surface area contributed by atoms with E-state index in [1.807, 2.05) is 18.2 Å². The molecule has 0 amide bonds. The lowest BCUT2D eigenvalue weighted by atomic mass is 9.98. The Bertz CT molecular complexity index is 348. The molecule has 0 radical (unpaired) electrons. The molecule has 1 saturated heterocycles. The zero-order chi connectivity index (χ0) is 12.1. The Hall–Kier alpha value is -1.06. The quantitative estimate of drug-likeness (QED) is 0.845. The summed E-state index contributed by atoms with van der Waals surface area (Å²) in [7, 11) is 1.68. The second kappa shape index (κ2) is 6.03. The molecule has 1 aromatic carbocycles. The molecule has 94 valence electrons. The Morgan fingerprint density at radius 1 is 1.29 bits per heavy atom. The van der Waals surface area contributed by atoms with Crippen LogP contribution < -0.4 is 4.74 Å². The molecule has 1 fully saturated rings. The largest absolute Gasteiger partial charge is 0.496 e. The fourth-order valence-electron chi connectivity index (χ4n) is 2.53. The summed E-state index contributed by atoms with van der Waals surface area (Å²) < 4.78 is 5.36. The van der Waals surface area contributed by atoms with Crippen molar-refractivity contribution in [2.75, 3.05) is 33.4 Å². The molecule has 1 heterocycles. The van der Waals surface area contributed by atoms with Crippen molar-refractivity contribution >= 4 is 0 Å². The number of benzene rings is 1. The number of rotatable bonds is 5. The Morgan fingerprint density at radius 3 is 2.65 bits per heavy atom. The van der Waals surface area contributed by atoms with Gasteiger partial charge in [-0.1, -0.05) is 18.2 Å². The van der Waals surface area contributed by atoms with E-state index in [0.29, 0.717) is 0 Å². The van der Waals surface area contributed by atoms with Crippen LogP contribution in [0.15, 0.2) is 24.3 Å². The van der Waals surface area contributed by atoms with Crippen molar-refractivity contribution in [1.29, 1.82) is 0 Å². The molecule has 0 aliphatic carbocycles. The average Bonchev–Trinajstić information content (AvgIpc) is 2.89. The summed E-state index contributed by atoms with van der Waals surface area (Å²) in [6.07, 6.45) is 2.56. The summed E-state index contributed by atoms with van der Waals surface area (Å²) in [6, 6.07) is 7.98. The molecule has 0 spiro atoms. The number of hydrogen-bond acceptors (Lipinski definition) is 3. The molecule has 17 heavy (non-hydrogen) atoms. The summed E-state index contributed by atoms with van der Waals surface area (Å²) in [4.78, 5) is 2.42. The van der Waals surface area contributed by atoms with Crippen molar-refractivity contribution in [2.45, 2.75) is 18.8 Å². The molecule has 0 saturated carbocycles. The van der Waals surface area contributed by atoms with E-state index in [9.17, 15) is 5.11 Å². The fourth-order valence-corrected chi connectivity index (χ4v) is 2.53. The van der Waals surface area contributed by atoms with E-state index in [1.165, 1.54) is 12.8 Å². The molecule has 1 atom stereocenters. The summed E-state index contributed by atoms with van der Waals surface area (Å²) in [6.45, 7) is 3.42. The number of para-hydroxylation sites is 1. The molecule has 0 aromatic heterocycles. The van der Waals surface area contributed by atoms with Gasteiger partial charge >= 0.3 is 0 Å². The number of nitrogens with zero attached hydrogens (tertiary/aromatic N) is 1. The Balaban J connectivity index is 2.10. The topological polar surface area (TPSA) is 32.7 Å². The van der Waals surface area contributed by atoms with Gasteiger partial charge in [0.05, 0.1) is 13.7 Å². The van der Waals surface area contributed by atoms with Gasteiger partial charge in [0, 0.05) is 18.0 Å². The van der Waals surface area contributed by atoms with Gasteiger partial charge in [-0.05, 0) is 32.0 Å². The van der Waals surface area contributed by atoms with Crippen molar-refractivity contribution in [2.24, 2.45) is 0 Å². The van der Waals surface area contributed by atoms with Crippen LogP contribution in [0.25, 0.3) is 0 Å². The van der Waals surface area contributed by atoms with Gasteiger partial charge in [0.25, 0.3) is 0 Å². The average molecular weight is 235 g/mol. The van der Waals surface area contributed by atoms with E-state index in [0.717, 1.165) is 30.9 Å². The summed E-state index contributed by atoms with van der Waals surface area (Å²) in [5.74, 6) is 1.04. The minimum Gasteiger partial charge on any atom is -0.496 e. The standard InChI is InChI=1S/C14H21NO2/c1-17-14-7-3-2-6-13(14)12(11-16)10-15-8-4-5-9-15/h2-3,6-7,12,16H,4-5,8-11H2,1H3. The highest BCUT2D eigenvalue weighted by Gasteiger charge is 2.20. The van der Waals surface area contributed by atoms with Crippen LogP contribution >= 0.6 is 0 Å². The van der Waals surface area contributed by atoms with Crippen LogP contribution in [-0.4, -0.2) is 43.4 Å². The number of ether oxygens (including phenoxy) is 1. The zero-order valence-corrected chi connectivity index (χ0v) is 10.4. The molecular weight excluding hydrogens is 214 g/mol. The second-order valence-corrected chi connectivity index (χ2v) is 4.63. The molecule has 1 unspecified atom stereocenters. The molecule has 1 aromatic rings. The van der Waals surface area contributed by atoms with Gasteiger partial charge < -0.3 is 14.7 Å². The first-order valence-electron chi connectivity index (χ1n) is 6.31. The van der Waals surface area contributed by atoms with Crippen LogP contribution in [0.4, 0.5) is 0 Å². The highest BCUT2D eigenvalue weighted by Crippen LogP contribution is 2.27. The van der Waals surface area contributed by atoms with Crippen molar-refractivity contribution in [3.05, 3.63) is 29.8 Å². The van der Waals surface area contributed by atoms with E-state index in [4.69, 9.17) is 4.74 Å². The molecule has 1 aliphatic heterocycles. The molecular formula is C14H21NO2. The van der Waals surface area contributed by atoms with E-state index in [1.54, 1.807) is 7.11 Å². The van der Waals surface area contributed by atoms with Crippen molar-refractivity contribution in [3.63, 3.8) is 0 Å². The number of aliphatic hydroxyl groups is 1. The Morgan fingerprint density at radius 2 is 2.00 bits per heavy atom. The van der Waals surface area contributed by atoms with Crippen LogP contribution in [0.5, 0.6) is 5.75 Å². The first-order valence-corrected chi connectivity index (χ1v) is 6.31. The smallest absolute Gasteiger partial charge is 0.122 e. The van der Waals surface area contributed by atoms with Gasteiger partial charge in [-0.2, -0.15) is 0 Å². The lowest BCUT2D eigenvalue weighted by Gasteiger charge is -2.23. The minimum absolute atomic E-state index is 0.157. The number of aliphatic hydroxyl groups excluding tert-OH is 1. The predicted octanol–water partition coefficient (Wildman–Crippen LogP) is 1.87. The molecule has 1 aliphatic rings. The van der Waals surface area contributed by atoms with Gasteiger partial charge in [0.2, 0.25) is 0 Å². The molecule has 1 N–H and O–H groups in total. The molecule has 3 heteroatoms. The van der Waals surface area contributed by atoms with Crippen molar-refractivity contribution < 1.29 is 9.84 Å². The van der Waals surface area contributed by atoms with E-state index >= 15 is 0 Å². The van der Waals surface area contributed by atoms with Crippen LogP contribution in [0.3, 0.4) is 0 Å². The second-order valence-electron chi connectivity index (χ2n) is 4.63. The van der Waals surface area contributed by atoms with Crippen LogP contribution in [0.2, 0.25) is 0 Å². The monoisotopic (exact) mass is 235 g/mol. The van der Waals surface area contributed by atoms with Crippen molar-refractivity contribution in [1.82, 2.24) is 4.90 Å². The number of likely N-dealkylation sites (tertiary alicyclic amines) is 1. The molecule has 3 nitrogen and oxygen atoms in total. The first kappa shape index (κ1) is 12.4. The highest BCUT2D eigenvalue weighted by molar-refractivity contribution is 5.36. The Labute approximate surface area is 103 Å². The third-order valence-corrected chi connectivity index (χ3v) is 3.48. The highest BCUT2D eigenvalue weighted by atomic mass is 16.5. The van der Waals surface area contributed by atoms with Gasteiger partial charge in [-0.25, -0.2) is 0 Å². The normalized spacial score (nSPS) is 18.2. The fraction of sp³-hybridized carbons (Fsp3) is 0.571. The lowest BCUT2D eigenvalue weighted by molar-refractivity contribution is 0.218. The predicted molar refractivity (Wildman–Crippen MR) is 68.5 cm³/mol. The maximum atomic E-state index is 9.58. The van der Waals surface area contributed by atoms with Crippen LogP contribution in [0, 0.1) is 0 Å². The third kappa shape index (κ3) is 2.99. The number of hydrogen-bond donors (Lipinski definition) is 1. The maximum Gasteiger partial charge on any atom is 0.122 e.